The molecule has 0 saturated carbocycles. The second-order valence-electron chi connectivity index (χ2n) is 5.28. The monoisotopic (exact) mass is 356 g/mol. The van der Waals surface area contributed by atoms with Crippen LogP contribution < -0.4 is 5.63 Å². The Morgan fingerprint density at radius 1 is 1.16 bits per heavy atom. The third-order valence-corrected chi connectivity index (χ3v) is 3.79. The Morgan fingerprint density at radius 2 is 1.92 bits per heavy atom. The van der Waals surface area contributed by atoms with E-state index in [1.807, 2.05) is 18.2 Å². The number of rotatable bonds is 4. The third-order valence-electron chi connectivity index (χ3n) is 3.47. The Bertz CT molecular complexity index is 1030. The van der Waals surface area contributed by atoms with Gasteiger partial charge in [-0.05, 0) is 43.3 Å². The third kappa shape index (κ3) is 3.56. The minimum absolute atomic E-state index is 0.221. The van der Waals surface area contributed by atoms with E-state index >= 15 is 0 Å². The lowest BCUT2D eigenvalue weighted by molar-refractivity contribution is 0.104. The lowest BCUT2D eigenvalue weighted by atomic mass is 10.1. The van der Waals surface area contributed by atoms with Crippen molar-refractivity contribution in [1.82, 2.24) is 0 Å². The highest BCUT2D eigenvalue weighted by Crippen LogP contribution is 2.29. The highest BCUT2D eigenvalue weighted by Gasteiger charge is 2.16. The molecule has 126 valence electrons. The summed E-state index contributed by atoms with van der Waals surface area (Å²) in [5.41, 5.74) is -0.574. The van der Waals surface area contributed by atoms with Gasteiger partial charge in [0, 0.05) is 11.6 Å². The zero-order valence-electron chi connectivity index (χ0n) is 13.2. The zero-order valence-corrected chi connectivity index (χ0v) is 13.9. The summed E-state index contributed by atoms with van der Waals surface area (Å²) < 4.78 is 10.5. The van der Waals surface area contributed by atoms with Crippen molar-refractivity contribution in [2.75, 3.05) is 0 Å². The lowest BCUT2D eigenvalue weighted by Crippen LogP contribution is -2.12. The minimum atomic E-state index is -0.886. The Hall–Kier alpha value is -3.05. The molecule has 0 saturated heterocycles. The maximum atomic E-state index is 12.1. The first-order valence-corrected chi connectivity index (χ1v) is 7.74. The number of furan rings is 1. The van der Waals surface area contributed by atoms with Crippen molar-refractivity contribution < 1.29 is 18.7 Å². The number of halogens is 1. The average molecular weight is 357 g/mol. The van der Waals surface area contributed by atoms with E-state index in [4.69, 9.17) is 20.4 Å². The fourth-order valence-electron chi connectivity index (χ4n) is 2.31. The average Bonchev–Trinajstić information content (AvgIpc) is 3.01. The number of aryl methyl sites for hydroxylation is 1. The summed E-state index contributed by atoms with van der Waals surface area (Å²) in [6, 6.07) is 11.8. The maximum Gasteiger partial charge on any atom is 0.351 e. The molecule has 0 unspecified atom stereocenters. The van der Waals surface area contributed by atoms with Crippen molar-refractivity contribution in [1.29, 1.82) is 0 Å². The Morgan fingerprint density at radius 3 is 2.64 bits per heavy atom. The fraction of sp³-hybridized carbons (Fsp3) is 0.0526. The molecular weight excluding hydrogens is 344 g/mol. The van der Waals surface area contributed by atoms with Gasteiger partial charge in [0.25, 0.3) is 0 Å². The Balaban J connectivity index is 1.85. The fourth-order valence-corrected chi connectivity index (χ4v) is 2.54. The van der Waals surface area contributed by atoms with E-state index in [-0.39, 0.29) is 5.76 Å². The molecule has 1 N–H and O–H groups in total. The molecular formula is C19H13ClO5. The van der Waals surface area contributed by atoms with Crippen LogP contribution in [-0.2, 0) is 0 Å². The lowest BCUT2D eigenvalue weighted by Gasteiger charge is -2.00. The van der Waals surface area contributed by atoms with Crippen LogP contribution in [-0.4, -0.2) is 10.9 Å². The smallest absolute Gasteiger partial charge is 0.351 e. The van der Waals surface area contributed by atoms with Crippen LogP contribution in [0.25, 0.3) is 17.4 Å². The molecule has 6 heteroatoms. The van der Waals surface area contributed by atoms with Crippen LogP contribution in [0.3, 0.4) is 0 Å². The van der Waals surface area contributed by atoms with Gasteiger partial charge in [-0.2, -0.15) is 0 Å². The molecule has 3 aromatic rings. The number of carbonyl (C=O) groups is 1. The SMILES string of the molecule is Cc1cc(O)c(C(=O)C=Cc2ccc(-c3ccccc3Cl)o2)c(=O)o1. The molecule has 0 fully saturated rings. The van der Waals surface area contributed by atoms with Gasteiger partial charge in [-0.15, -0.1) is 0 Å². The van der Waals surface area contributed by atoms with Crippen molar-refractivity contribution >= 4 is 23.5 Å². The molecule has 3 rings (SSSR count). The van der Waals surface area contributed by atoms with Crippen LogP contribution in [0.1, 0.15) is 21.9 Å². The van der Waals surface area contributed by atoms with Gasteiger partial charge in [0.2, 0.25) is 0 Å². The summed E-state index contributed by atoms with van der Waals surface area (Å²) >= 11 is 6.12. The molecule has 0 aliphatic heterocycles. The molecule has 2 aromatic heterocycles. The first-order valence-electron chi connectivity index (χ1n) is 7.36. The van der Waals surface area contributed by atoms with Crippen LogP contribution in [0.15, 0.2) is 62.2 Å². The van der Waals surface area contributed by atoms with E-state index < -0.39 is 22.7 Å². The van der Waals surface area contributed by atoms with E-state index in [0.717, 1.165) is 11.6 Å². The van der Waals surface area contributed by atoms with Gasteiger partial charge in [0.15, 0.2) is 5.78 Å². The normalized spacial score (nSPS) is 11.1. The van der Waals surface area contributed by atoms with Crippen LogP contribution in [0.2, 0.25) is 5.02 Å². The molecule has 0 radical (unpaired) electrons. The number of allylic oxidation sites excluding steroid dienone is 1. The van der Waals surface area contributed by atoms with Crippen molar-refractivity contribution in [3.8, 4) is 17.1 Å². The Labute approximate surface area is 147 Å². The van der Waals surface area contributed by atoms with Crippen molar-refractivity contribution in [2.45, 2.75) is 6.92 Å². The highest BCUT2D eigenvalue weighted by molar-refractivity contribution is 6.33. The first kappa shape index (κ1) is 16.8. The van der Waals surface area contributed by atoms with Gasteiger partial charge in [-0.1, -0.05) is 23.7 Å². The second kappa shape index (κ2) is 6.83. The van der Waals surface area contributed by atoms with Gasteiger partial charge in [-0.3, -0.25) is 4.79 Å². The van der Waals surface area contributed by atoms with Crippen molar-refractivity contribution in [2.24, 2.45) is 0 Å². The summed E-state index contributed by atoms with van der Waals surface area (Å²) in [6.45, 7) is 1.50. The van der Waals surface area contributed by atoms with Gasteiger partial charge >= 0.3 is 5.63 Å². The molecule has 0 aliphatic rings. The van der Waals surface area contributed by atoms with Crippen LogP contribution >= 0.6 is 11.6 Å². The number of carbonyl (C=O) groups excluding carboxylic acids is 1. The Kier molecular flexibility index (Phi) is 4.59. The standard InChI is InChI=1S/C19H13ClO5/c1-11-10-16(22)18(19(23)24-11)15(21)8-6-12-7-9-17(25-12)13-4-2-3-5-14(13)20/h2-10,22H,1H3. The molecule has 0 amide bonds. The molecule has 2 heterocycles. The van der Waals surface area contributed by atoms with E-state index in [1.54, 1.807) is 18.2 Å². The molecule has 1 aromatic carbocycles. The van der Waals surface area contributed by atoms with Gasteiger partial charge in [-0.25, -0.2) is 4.79 Å². The first-order chi connectivity index (χ1) is 12.0. The van der Waals surface area contributed by atoms with E-state index in [2.05, 4.69) is 0 Å². The molecule has 0 aliphatic carbocycles. The number of hydrogen-bond acceptors (Lipinski definition) is 5. The molecule has 0 spiro atoms. The number of hydrogen-bond donors (Lipinski definition) is 1. The van der Waals surface area contributed by atoms with Crippen molar-refractivity contribution in [3.05, 3.63) is 81.1 Å². The van der Waals surface area contributed by atoms with E-state index in [0.29, 0.717) is 16.5 Å². The van der Waals surface area contributed by atoms with Gasteiger partial charge in [0.1, 0.15) is 28.6 Å². The van der Waals surface area contributed by atoms with Gasteiger partial charge < -0.3 is 13.9 Å². The molecule has 0 bridgehead atoms. The molecule has 25 heavy (non-hydrogen) atoms. The summed E-state index contributed by atoms with van der Waals surface area (Å²) in [6.07, 6.45) is 2.54. The summed E-state index contributed by atoms with van der Waals surface area (Å²) in [7, 11) is 0. The quantitative estimate of drug-likeness (QED) is 0.551. The van der Waals surface area contributed by atoms with Crippen LogP contribution in [0, 0.1) is 6.92 Å². The predicted molar refractivity (Wildman–Crippen MR) is 93.9 cm³/mol. The number of benzene rings is 1. The van der Waals surface area contributed by atoms with E-state index in [1.165, 1.54) is 19.1 Å². The second-order valence-corrected chi connectivity index (χ2v) is 5.69. The maximum absolute atomic E-state index is 12.1. The van der Waals surface area contributed by atoms with Gasteiger partial charge in [0.05, 0.1) is 5.02 Å². The molecule has 5 nitrogen and oxygen atoms in total. The van der Waals surface area contributed by atoms with Crippen LogP contribution in [0.5, 0.6) is 5.75 Å². The number of ketones is 1. The molecule has 0 atom stereocenters. The van der Waals surface area contributed by atoms with Crippen LogP contribution in [0.4, 0.5) is 0 Å². The summed E-state index contributed by atoms with van der Waals surface area (Å²) in [5.74, 6) is 0.0784. The highest BCUT2D eigenvalue weighted by atomic mass is 35.5. The van der Waals surface area contributed by atoms with Crippen molar-refractivity contribution in [3.63, 3.8) is 0 Å². The minimum Gasteiger partial charge on any atom is -0.507 e. The topological polar surface area (TPSA) is 80.6 Å². The zero-order chi connectivity index (χ0) is 18.0. The predicted octanol–water partition coefficient (Wildman–Crippen LogP) is 4.46. The van der Waals surface area contributed by atoms with E-state index in [9.17, 15) is 14.7 Å². The number of aromatic hydroxyl groups is 1. The summed E-state index contributed by atoms with van der Waals surface area (Å²) in [4.78, 5) is 23.9. The largest absolute Gasteiger partial charge is 0.507 e. The summed E-state index contributed by atoms with van der Waals surface area (Å²) in [5, 5.41) is 10.3.